The molecule has 0 unspecified atom stereocenters. The van der Waals surface area contributed by atoms with Gasteiger partial charge in [0.1, 0.15) is 11.6 Å². The van der Waals surface area contributed by atoms with Crippen molar-refractivity contribution in [3.8, 4) is 0 Å². The second-order valence-electron chi connectivity index (χ2n) is 7.27. The van der Waals surface area contributed by atoms with Gasteiger partial charge in [-0.1, -0.05) is 24.3 Å². The van der Waals surface area contributed by atoms with E-state index in [1.54, 1.807) is 0 Å². The van der Waals surface area contributed by atoms with Gasteiger partial charge in [-0.15, -0.1) is 9.35 Å². The van der Waals surface area contributed by atoms with Crippen LogP contribution in [0.4, 0.5) is 13.6 Å². The van der Waals surface area contributed by atoms with Gasteiger partial charge < -0.3 is 14.8 Å². The fourth-order valence-electron chi connectivity index (χ4n) is 2.34. The van der Waals surface area contributed by atoms with Crippen molar-refractivity contribution in [2.24, 2.45) is 0 Å². The third kappa shape index (κ3) is 8.63. The highest BCUT2D eigenvalue weighted by atomic mass is 31.2. The second-order valence-corrected chi connectivity index (χ2v) is 9.13. The van der Waals surface area contributed by atoms with Gasteiger partial charge >= 0.3 is 25.3 Å². The van der Waals surface area contributed by atoms with Crippen LogP contribution in [0, 0.1) is 0 Å². The summed E-state index contributed by atoms with van der Waals surface area (Å²) in [4.78, 5) is 33.1. The van der Waals surface area contributed by atoms with Crippen LogP contribution in [0.3, 0.4) is 0 Å². The standard InChI is InChI=1S/C20H30F2NO9P/c1-7-28-31-33(26,32-29-8-2)20(21,22)15-11-9-14(10-12-15)13-16(17(24)27-6)23-18(25)30-19(3,4)5/h9-12,16H,7-8,13H2,1-6H3,(H,23,25)/t16-/m0/s1/i3D. The van der Waals surface area contributed by atoms with Gasteiger partial charge in [0.2, 0.25) is 0 Å². The molecular weight excluding hydrogens is 467 g/mol. The lowest BCUT2D eigenvalue weighted by Gasteiger charge is -2.24. The molecule has 0 heterocycles. The summed E-state index contributed by atoms with van der Waals surface area (Å²) in [6.07, 6.45) is -1.07. The molecule has 0 aromatic heterocycles. The molecule has 1 aromatic carbocycles. The summed E-state index contributed by atoms with van der Waals surface area (Å²) in [5.41, 5.74) is -5.58. The van der Waals surface area contributed by atoms with Gasteiger partial charge in [-0.3, -0.25) is 0 Å². The van der Waals surface area contributed by atoms with Crippen LogP contribution in [0.25, 0.3) is 0 Å². The summed E-state index contributed by atoms with van der Waals surface area (Å²) in [5, 5.41) is 2.34. The summed E-state index contributed by atoms with van der Waals surface area (Å²) in [6, 6.07) is 3.21. The number of methoxy groups -OCH3 is 1. The Morgan fingerprint density at radius 1 is 1.12 bits per heavy atom. The average Bonchev–Trinajstić information content (AvgIpc) is 2.80. The highest BCUT2D eigenvalue weighted by Crippen LogP contribution is 2.67. The normalized spacial score (nSPS) is 13.7. The number of carbonyl (C=O) groups is 2. The first kappa shape index (κ1) is 27.1. The first-order valence-electron chi connectivity index (χ1n) is 10.6. The summed E-state index contributed by atoms with van der Waals surface area (Å²) >= 11 is 0. The molecule has 0 aliphatic heterocycles. The average molecular weight is 498 g/mol. The van der Waals surface area contributed by atoms with Crippen LogP contribution >= 0.6 is 7.60 Å². The van der Waals surface area contributed by atoms with Gasteiger partial charge in [0.15, 0.2) is 0 Å². The summed E-state index contributed by atoms with van der Waals surface area (Å²) in [7, 11) is -4.10. The van der Waals surface area contributed by atoms with Crippen molar-refractivity contribution in [2.75, 3.05) is 20.3 Å². The quantitative estimate of drug-likeness (QED) is 0.193. The number of hydrogen-bond acceptors (Lipinski definition) is 9. The minimum Gasteiger partial charge on any atom is -0.467 e. The lowest BCUT2D eigenvalue weighted by molar-refractivity contribution is -0.275. The van der Waals surface area contributed by atoms with Crippen molar-refractivity contribution in [3.05, 3.63) is 35.4 Å². The second kappa shape index (κ2) is 12.4. The van der Waals surface area contributed by atoms with Gasteiger partial charge in [0.05, 0.1) is 20.3 Å². The topological polar surface area (TPSA) is 119 Å². The molecule has 1 amide bonds. The number of benzene rings is 1. The van der Waals surface area contributed by atoms with E-state index in [1.807, 2.05) is 0 Å². The van der Waals surface area contributed by atoms with Crippen LogP contribution in [0.5, 0.6) is 0 Å². The van der Waals surface area contributed by atoms with E-state index in [4.69, 9.17) is 6.11 Å². The number of ether oxygens (including phenoxy) is 2. The van der Waals surface area contributed by atoms with Crippen molar-refractivity contribution >= 4 is 19.7 Å². The molecule has 0 radical (unpaired) electrons. The smallest absolute Gasteiger partial charge is 0.457 e. The van der Waals surface area contributed by atoms with Crippen LogP contribution in [-0.4, -0.2) is 44.0 Å². The van der Waals surface area contributed by atoms with Crippen molar-refractivity contribution < 1.29 is 52.9 Å². The number of rotatable bonds is 12. The van der Waals surface area contributed by atoms with E-state index in [2.05, 4.69) is 29.2 Å². The Hall–Kier alpha value is -2.11. The summed E-state index contributed by atoms with van der Waals surface area (Å²) in [5.74, 6) is -0.797. The monoisotopic (exact) mass is 498 g/mol. The predicted molar refractivity (Wildman–Crippen MR) is 112 cm³/mol. The molecule has 0 bridgehead atoms. The lowest BCUT2D eigenvalue weighted by atomic mass is 10.0. The van der Waals surface area contributed by atoms with E-state index in [0.717, 1.165) is 19.2 Å². The van der Waals surface area contributed by atoms with Gasteiger partial charge in [-0.2, -0.15) is 8.78 Å². The number of carbonyl (C=O) groups excluding carboxylic acids is 2. The van der Waals surface area contributed by atoms with Crippen molar-refractivity contribution in [1.29, 1.82) is 0 Å². The van der Waals surface area contributed by atoms with E-state index in [0.29, 0.717) is 5.56 Å². The highest BCUT2D eigenvalue weighted by molar-refractivity contribution is 7.54. The largest absolute Gasteiger partial charge is 0.467 e. The van der Waals surface area contributed by atoms with E-state index in [1.165, 1.54) is 39.8 Å². The Bertz CT molecular complexity index is 843. The third-order valence-corrected chi connectivity index (χ3v) is 5.32. The Morgan fingerprint density at radius 3 is 2.12 bits per heavy atom. The molecule has 13 heteroatoms. The molecule has 0 fully saturated rings. The van der Waals surface area contributed by atoms with Crippen LogP contribution < -0.4 is 5.32 Å². The zero-order valence-electron chi connectivity index (χ0n) is 20.1. The van der Waals surface area contributed by atoms with Crippen molar-refractivity contribution in [1.82, 2.24) is 5.32 Å². The first-order chi connectivity index (χ1) is 15.9. The number of alkyl carbamates (subject to hydrolysis) is 1. The Morgan fingerprint density at radius 2 is 1.67 bits per heavy atom. The van der Waals surface area contributed by atoms with E-state index < -0.39 is 42.5 Å². The Labute approximate surface area is 192 Å². The molecule has 0 saturated carbocycles. The van der Waals surface area contributed by atoms with Gasteiger partial charge in [-0.05, 0) is 40.2 Å². The van der Waals surface area contributed by atoms with Crippen LogP contribution in [0.15, 0.2) is 24.3 Å². The maximum absolute atomic E-state index is 15.0. The van der Waals surface area contributed by atoms with Crippen LogP contribution in [0.1, 0.15) is 47.1 Å². The zero-order chi connectivity index (χ0) is 26.0. The highest BCUT2D eigenvalue weighted by Gasteiger charge is 2.57. The zero-order valence-corrected chi connectivity index (χ0v) is 20.0. The van der Waals surface area contributed by atoms with Crippen LogP contribution in [0.2, 0.25) is 0 Å². The molecule has 0 aliphatic carbocycles. The number of amides is 1. The number of hydrogen-bond donors (Lipinski definition) is 1. The van der Waals surface area contributed by atoms with E-state index in [-0.39, 0.29) is 26.5 Å². The molecule has 1 N–H and O–H groups in total. The summed E-state index contributed by atoms with van der Waals surface area (Å²) < 4.78 is 68.4. The minimum atomic E-state index is -5.22. The van der Waals surface area contributed by atoms with Crippen LogP contribution in [-0.2, 0) is 50.0 Å². The number of esters is 1. The Balaban J connectivity index is 3.07. The van der Waals surface area contributed by atoms with Crippen molar-refractivity contribution in [3.63, 3.8) is 0 Å². The minimum absolute atomic E-state index is 0.127. The first-order valence-corrected chi connectivity index (χ1v) is 11.5. The number of nitrogens with one attached hydrogen (secondary N) is 1. The molecule has 1 atom stereocenters. The predicted octanol–water partition coefficient (Wildman–Crippen LogP) is 4.47. The molecule has 0 spiro atoms. The van der Waals surface area contributed by atoms with Gasteiger partial charge in [-0.25, -0.2) is 23.9 Å². The van der Waals surface area contributed by atoms with Gasteiger partial charge in [0, 0.05) is 13.4 Å². The molecule has 0 aliphatic rings. The SMILES string of the molecule is [2H]CC(C)(C)OC(=O)N[C@@H](Cc1ccc(C(F)(F)P(=O)(OOCC)OOCC)cc1)C(=O)OC. The Kier molecular flexibility index (Phi) is 10.2. The fourth-order valence-corrected chi connectivity index (χ4v) is 3.51. The molecular formula is C20H30F2NO9P. The molecule has 33 heavy (non-hydrogen) atoms. The fraction of sp³-hybridized carbons (Fsp3) is 0.600. The third-order valence-electron chi connectivity index (χ3n) is 3.77. The molecule has 0 saturated heterocycles. The number of alkyl halides is 2. The molecule has 1 aromatic rings. The van der Waals surface area contributed by atoms with Gasteiger partial charge in [0.25, 0.3) is 0 Å². The maximum Gasteiger partial charge on any atom is 0.457 e. The molecule has 188 valence electrons. The number of halogens is 2. The van der Waals surface area contributed by atoms with E-state index >= 15 is 0 Å². The molecule has 1 rings (SSSR count). The lowest BCUT2D eigenvalue weighted by Crippen LogP contribution is -2.45. The summed E-state index contributed by atoms with van der Waals surface area (Å²) in [6.45, 7) is 5.38. The maximum atomic E-state index is 15.0. The van der Waals surface area contributed by atoms with E-state index in [9.17, 15) is 22.9 Å². The van der Waals surface area contributed by atoms with Crippen molar-refractivity contribution in [2.45, 2.75) is 58.3 Å². The molecule has 10 nitrogen and oxygen atoms in total.